The second-order valence-corrected chi connectivity index (χ2v) is 5.59. The van der Waals surface area contributed by atoms with E-state index in [4.69, 9.17) is 5.73 Å². The molecule has 1 amide bonds. The summed E-state index contributed by atoms with van der Waals surface area (Å²) in [6.45, 7) is 1.84. The van der Waals surface area contributed by atoms with Crippen LogP contribution in [0.2, 0.25) is 0 Å². The average Bonchev–Trinajstić information content (AvgIpc) is 2.60. The van der Waals surface area contributed by atoms with Crippen molar-refractivity contribution in [3.05, 3.63) is 59.4 Å². The molecule has 3 rings (SSSR count). The number of carbonyl (C=O) groups excluding carboxylic acids is 1. The zero-order chi connectivity index (χ0) is 17.3. The van der Waals surface area contributed by atoms with Gasteiger partial charge in [-0.1, -0.05) is 0 Å². The van der Waals surface area contributed by atoms with Gasteiger partial charge in [0.15, 0.2) is 17.5 Å². The molecule has 0 radical (unpaired) electrons. The molecule has 7 heteroatoms. The number of nitrogens with two attached hydrogens (primary N) is 1. The molecule has 126 valence electrons. The predicted molar refractivity (Wildman–Crippen MR) is 85.3 cm³/mol. The lowest BCUT2D eigenvalue weighted by atomic mass is 10.1. The molecule has 0 unspecified atom stereocenters. The fourth-order valence-electron chi connectivity index (χ4n) is 2.71. The molecule has 0 saturated carbocycles. The Kier molecular flexibility index (Phi) is 4.33. The van der Waals surface area contributed by atoms with Gasteiger partial charge in [0.25, 0.3) is 5.91 Å². The van der Waals surface area contributed by atoms with E-state index in [1.165, 1.54) is 4.90 Å². The van der Waals surface area contributed by atoms with Crippen LogP contribution in [-0.2, 0) is 0 Å². The van der Waals surface area contributed by atoms with Crippen molar-refractivity contribution in [2.45, 2.75) is 0 Å². The number of carbonyl (C=O) groups is 1. The molecular formula is C17H16F3N3O. The molecule has 2 aromatic carbocycles. The molecule has 2 N–H and O–H groups in total. The van der Waals surface area contributed by atoms with E-state index in [1.807, 2.05) is 12.1 Å². The van der Waals surface area contributed by atoms with E-state index in [0.29, 0.717) is 31.9 Å². The number of rotatable bonds is 2. The van der Waals surface area contributed by atoms with Crippen LogP contribution in [0.4, 0.5) is 24.5 Å². The van der Waals surface area contributed by atoms with Crippen molar-refractivity contribution < 1.29 is 18.0 Å². The number of hydrogen-bond donors (Lipinski definition) is 1. The van der Waals surface area contributed by atoms with Gasteiger partial charge in [-0.2, -0.15) is 0 Å². The first-order valence-corrected chi connectivity index (χ1v) is 7.50. The molecule has 0 atom stereocenters. The summed E-state index contributed by atoms with van der Waals surface area (Å²) in [5, 5.41) is 0. The SMILES string of the molecule is Nc1ccc(N2CCN(C(=O)c3ccc(F)c(F)c3F)CC2)cc1. The second kappa shape index (κ2) is 6.43. The minimum absolute atomic E-state index is 0.363. The minimum atomic E-state index is -1.62. The fraction of sp³-hybridized carbons (Fsp3) is 0.235. The van der Waals surface area contributed by atoms with Crippen LogP contribution in [0.15, 0.2) is 36.4 Å². The molecule has 1 fully saturated rings. The van der Waals surface area contributed by atoms with Crippen molar-refractivity contribution in [1.29, 1.82) is 0 Å². The van der Waals surface area contributed by atoms with Gasteiger partial charge < -0.3 is 15.5 Å². The summed E-state index contributed by atoms with van der Waals surface area (Å²) in [5.74, 6) is -5.01. The molecule has 0 spiro atoms. The quantitative estimate of drug-likeness (QED) is 0.678. The van der Waals surface area contributed by atoms with Gasteiger partial charge in [0.05, 0.1) is 5.56 Å². The Morgan fingerprint density at radius 3 is 2.12 bits per heavy atom. The van der Waals surface area contributed by atoms with E-state index in [1.54, 1.807) is 12.1 Å². The first kappa shape index (κ1) is 16.2. The number of hydrogen-bond acceptors (Lipinski definition) is 3. The maximum absolute atomic E-state index is 13.8. The van der Waals surface area contributed by atoms with Gasteiger partial charge in [-0.25, -0.2) is 13.2 Å². The fourth-order valence-corrected chi connectivity index (χ4v) is 2.71. The zero-order valence-corrected chi connectivity index (χ0v) is 12.8. The summed E-state index contributed by atoms with van der Waals surface area (Å²) in [6, 6.07) is 9.11. The van der Waals surface area contributed by atoms with Crippen LogP contribution in [0.3, 0.4) is 0 Å². The Morgan fingerprint density at radius 1 is 0.875 bits per heavy atom. The molecule has 1 heterocycles. The van der Waals surface area contributed by atoms with E-state index >= 15 is 0 Å². The Hall–Kier alpha value is -2.70. The standard InChI is InChI=1S/C17H16F3N3O/c18-14-6-5-13(15(19)16(14)20)17(24)23-9-7-22(8-10-23)12-3-1-11(21)2-4-12/h1-6H,7-10,21H2. The smallest absolute Gasteiger partial charge is 0.257 e. The van der Waals surface area contributed by atoms with Crippen LogP contribution in [0.25, 0.3) is 0 Å². The van der Waals surface area contributed by atoms with Gasteiger partial charge in [-0.15, -0.1) is 0 Å². The number of benzene rings is 2. The van der Waals surface area contributed by atoms with E-state index in [9.17, 15) is 18.0 Å². The van der Waals surface area contributed by atoms with Crippen LogP contribution >= 0.6 is 0 Å². The van der Waals surface area contributed by atoms with Crippen LogP contribution < -0.4 is 10.6 Å². The largest absolute Gasteiger partial charge is 0.399 e. The summed E-state index contributed by atoms with van der Waals surface area (Å²) < 4.78 is 40.0. The lowest BCUT2D eigenvalue weighted by molar-refractivity contribution is 0.0740. The monoisotopic (exact) mass is 335 g/mol. The van der Waals surface area contributed by atoms with Crippen LogP contribution in [0, 0.1) is 17.5 Å². The minimum Gasteiger partial charge on any atom is -0.399 e. The summed E-state index contributed by atoms with van der Waals surface area (Å²) in [4.78, 5) is 15.8. The van der Waals surface area contributed by atoms with Gasteiger partial charge in [-0.3, -0.25) is 4.79 Å². The van der Waals surface area contributed by atoms with E-state index in [-0.39, 0.29) is 0 Å². The highest BCUT2D eigenvalue weighted by Crippen LogP contribution is 2.21. The number of halogens is 3. The van der Waals surface area contributed by atoms with Crippen LogP contribution in [0.5, 0.6) is 0 Å². The number of piperazine rings is 1. The molecule has 1 aliphatic heterocycles. The third-order valence-corrected chi connectivity index (χ3v) is 4.09. The second-order valence-electron chi connectivity index (χ2n) is 5.59. The molecule has 0 aromatic heterocycles. The molecule has 4 nitrogen and oxygen atoms in total. The lowest BCUT2D eigenvalue weighted by Crippen LogP contribution is -2.49. The Balaban J connectivity index is 1.69. The first-order valence-electron chi connectivity index (χ1n) is 7.50. The van der Waals surface area contributed by atoms with E-state index in [0.717, 1.165) is 17.8 Å². The molecule has 2 aromatic rings. The summed E-state index contributed by atoms with van der Waals surface area (Å²) in [5.41, 5.74) is 6.86. The third-order valence-electron chi connectivity index (χ3n) is 4.09. The number of anilines is 2. The van der Waals surface area contributed by atoms with Crippen LogP contribution in [-0.4, -0.2) is 37.0 Å². The van der Waals surface area contributed by atoms with E-state index in [2.05, 4.69) is 4.90 Å². The van der Waals surface area contributed by atoms with Crippen molar-refractivity contribution in [3.8, 4) is 0 Å². The molecular weight excluding hydrogens is 319 g/mol. The van der Waals surface area contributed by atoms with Gasteiger partial charge in [0, 0.05) is 37.6 Å². The van der Waals surface area contributed by atoms with Crippen molar-refractivity contribution in [1.82, 2.24) is 4.90 Å². The third kappa shape index (κ3) is 3.02. The summed E-state index contributed by atoms with van der Waals surface area (Å²) >= 11 is 0. The average molecular weight is 335 g/mol. The van der Waals surface area contributed by atoms with Gasteiger partial charge in [-0.05, 0) is 36.4 Å². The number of nitrogen functional groups attached to an aromatic ring is 1. The van der Waals surface area contributed by atoms with Gasteiger partial charge in [0.2, 0.25) is 0 Å². The lowest BCUT2D eigenvalue weighted by Gasteiger charge is -2.36. The molecule has 24 heavy (non-hydrogen) atoms. The topological polar surface area (TPSA) is 49.6 Å². The molecule has 1 saturated heterocycles. The Bertz CT molecular complexity index is 756. The highest BCUT2D eigenvalue weighted by atomic mass is 19.2. The van der Waals surface area contributed by atoms with Crippen molar-refractivity contribution in [3.63, 3.8) is 0 Å². The Morgan fingerprint density at radius 2 is 1.50 bits per heavy atom. The highest BCUT2D eigenvalue weighted by Gasteiger charge is 2.26. The molecule has 1 aliphatic rings. The Labute approximate surface area is 137 Å². The normalized spacial score (nSPS) is 14.8. The van der Waals surface area contributed by atoms with Gasteiger partial charge in [0.1, 0.15) is 0 Å². The molecule has 0 aliphatic carbocycles. The summed E-state index contributed by atoms with van der Waals surface area (Å²) in [6.07, 6.45) is 0. The van der Waals surface area contributed by atoms with Crippen molar-refractivity contribution in [2.24, 2.45) is 0 Å². The molecule has 0 bridgehead atoms. The maximum Gasteiger partial charge on any atom is 0.257 e. The predicted octanol–water partition coefficient (Wildman–Crippen LogP) is 2.65. The van der Waals surface area contributed by atoms with Crippen LogP contribution in [0.1, 0.15) is 10.4 Å². The van der Waals surface area contributed by atoms with Crippen molar-refractivity contribution >= 4 is 17.3 Å². The maximum atomic E-state index is 13.8. The number of nitrogens with zero attached hydrogens (tertiary/aromatic N) is 2. The summed E-state index contributed by atoms with van der Waals surface area (Å²) in [7, 11) is 0. The first-order chi connectivity index (χ1) is 11.5. The number of amides is 1. The van der Waals surface area contributed by atoms with Gasteiger partial charge >= 0.3 is 0 Å². The zero-order valence-electron chi connectivity index (χ0n) is 12.8. The van der Waals surface area contributed by atoms with Crippen molar-refractivity contribution in [2.75, 3.05) is 36.8 Å². The van der Waals surface area contributed by atoms with E-state index < -0.39 is 28.9 Å². The highest BCUT2D eigenvalue weighted by molar-refractivity contribution is 5.94.